The Kier molecular flexibility index (Phi) is 11.2. The lowest BCUT2D eigenvalue weighted by atomic mass is 10.1. The summed E-state index contributed by atoms with van der Waals surface area (Å²) in [6.07, 6.45) is 4.65. The predicted octanol–water partition coefficient (Wildman–Crippen LogP) is 2.53. The van der Waals surface area contributed by atoms with E-state index in [0.29, 0.717) is 12.1 Å². The van der Waals surface area contributed by atoms with Crippen LogP contribution in [0.2, 0.25) is 0 Å². The number of rotatable bonds is 10. The maximum absolute atomic E-state index is 5.87. The van der Waals surface area contributed by atoms with Crippen molar-refractivity contribution in [3.63, 3.8) is 0 Å². The molecule has 0 aromatic rings. The zero-order chi connectivity index (χ0) is 12.4. The second-order valence-electron chi connectivity index (χ2n) is 4.17. The average molecular weight is 265 g/mol. The number of hydrogen-bond acceptors (Lipinski definition) is 4. The summed E-state index contributed by atoms with van der Waals surface area (Å²) >= 11 is 3.94. The summed E-state index contributed by atoms with van der Waals surface area (Å²) in [6.45, 7) is 5.31. The van der Waals surface area contributed by atoms with Gasteiger partial charge in [-0.1, -0.05) is 6.92 Å². The van der Waals surface area contributed by atoms with E-state index in [2.05, 4.69) is 32.1 Å². The van der Waals surface area contributed by atoms with Gasteiger partial charge < -0.3 is 5.73 Å². The Bertz CT molecular complexity index is 156. The van der Waals surface area contributed by atoms with E-state index in [1.54, 1.807) is 0 Å². The molecular weight excluding hydrogens is 236 g/mol. The molecule has 0 aliphatic rings. The van der Waals surface area contributed by atoms with Gasteiger partial charge in [-0.25, -0.2) is 0 Å². The molecule has 0 spiro atoms. The Morgan fingerprint density at radius 3 is 2.44 bits per heavy atom. The molecule has 4 heteroatoms. The van der Waals surface area contributed by atoms with Crippen LogP contribution in [0.4, 0.5) is 0 Å². The summed E-state index contributed by atoms with van der Waals surface area (Å²) < 4.78 is 0. The van der Waals surface area contributed by atoms with Crippen LogP contribution in [0.5, 0.6) is 0 Å². The lowest BCUT2D eigenvalue weighted by molar-refractivity contribution is 0.181. The average Bonchev–Trinajstić information content (AvgIpc) is 2.31. The summed E-state index contributed by atoms with van der Waals surface area (Å²) in [6, 6.07) is 1.20. The molecule has 16 heavy (non-hydrogen) atoms. The van der Waals surface area contributed by atoms with Gasteiger partial charge in [0.25, 0.3) is 0 Å². The van der Waals surface area contributed by atoms with E-state index >= 15 is 0 Å². The summed E-state index contributed by atoms with van der Waals surface area (Å²) in [5, 5.41) is 0. The predicted molar refractivity (Wildman–Crippen MR) is 80.7 cm³/mol. The summed E-state index contributed by atoms with van der Waals surface area (Å²) in [5.74, 6) is 3.69. The molecule has 0 aromatic carbocycles. The van der Waals surface area contributed by atoms with Gasteiger partial charge in [0, 0.05) is 18.6 Å². The molecule has 0 amide bonds. The Morgan fingerprint density at radius 1 is 1.25 bits per heavy atom. The van der Waals surface area contributed by atoms with Gasteiger partial charge >= 0.3 is 0 Å². The third-order valence-corrected chi connectivity index (χ3v) is 4.66. The van der Waals surface area contributed by atoms with Crippen molar-refractivity contribution < 1.29 is 0 Å². The molecule has 0 rings (SSSR count). The fourth-order valence-corrected chi connectivity index (χ4v) is 3.01. The van der Waals surface area contributed by atoms with Crippen LogP contribution in [0.1, 0.15) is 26.7 Å². The molecule has 2 nitrogen and oxygen atoms in total. The van der Waals surface area contributed by atoms with Gasteiger partial charge in [-0.2, -0.15) is 23.5 Å². The quantitative estimate of drug-likeness (QED) is 0.614. The van der Waals surface area contributed by atoms with Crippen molar-refractivity contribution in [1.29, 1.82) is 0 Å². The summed E-state index contributed by atoms with van der Waals surface area (Å²) in [4.78, 5) is 2.46. The van der Waals surface area contributed by atoms with Crippen LogP contribution in [0.25, 0.3) is 0 Å². The highest BCUT2D eigenvalue weighted by Gasteiger charge is 2.17. The maximum Gasteiger partial charge on any atom is 0.0226 e. The summed E-state index contributed by atoms with van der Waals surface area (Å²) in [7, 11) is 2.22. The SMILES string of the molecule is CCSCCC(CN)N(C)C(C)CCSC. The number of nitrogens with zero attached hydrogens (tertiary/aromatic N) is 1. The zero-order valence-corrected chi connectivity index (χ0v) is 12.9. The van der Waals surface area contributed by atoms with E-state index in [-0.39, 0.29) is 0 Å². The molecule has 0 aliphatic carbocycles. The van der Waals surface area contributed by atoms with Crippen molar-refractivity contribution in [3.8, 4) is 0 Å². The van der Waals surface area contributed by atoms with Gasteiger partial charge in [0.1, 0.15) is 0 Å². The fraction of sp³-hybridized carbons (Fsp3) is 1.00. The monoisotopic (exact) mass is 264 g/mol. The Labute approximate surface area is 110 Å². The number of thioether (sulfide) groups is 2. The third kappa shape index (κ3) is 7.05. The molecule has 0 bridgehead atoms. The minimum absolute atomic E-state index is 0.552. The van der Waals surface area contributed by atoms with E-state index in [9.17, 15) is 0 Å². The fourth-order valence-electron chi connectivity index (χ4n) is 1.70. The number of hydrogen-bond donors (Lipinski definition) is 1. The molecule has 2 unspecified atom stereocenters. The largest absolute Gasteiger partial charge is 0.329 e. The second kappa shape index (κ2) is 10.8. The van der Waals surface area contributed by atoms with Crippen molar-refractivity contribution in [2.45, 2.75) is 38.8 Å². The van der Waals surface area contributed by atoms with Crippen molar-refractivity contribution in [2.24, 2.45) is 5.73 Å². The van der Waals surface area contributed by atoms with E-state index in [4.69, 9.17) is 5.73 Å². The standard InChI is InChI=1S/C12H28N2S2/c1-5-16-9-7-12(10-13)14(3)11(2)6-8-15-4/h11-12H,5-10,13H2,1-4H3. The highest BCUT2D eigenvalue weighted by atomic mass is 32.2. The van der Waals surface area contributed by atoms with Crippen molar-refractivity contribution >= 4 is 23.5 Å². The highest BCUT2D eigenvalue weighted by Crippen LogP contribution is 2.13. The first-order valence-corrected chi connectivity index (χ1v) is 8.70. The van der Waals surface area contributed by atoms with Crippen molar-refractivity contribution in [2.75, 3.05) is 37.1 Å². The lowest BCUT2D eigenvalue weighted by Crippen LogP contribution is -2.43. The molecular formula is C12H28N2S2. The highest BCUT2D eigenvalue weighted by molar-refractivity contribution is 7.99. The maximum atomic E-state index is 5.87. The first kappa shape index (κ1) is 16.6. The minimum Gasteiger partial charge on any atom is -0.329 e. The normalized spacial score (nSPS) is 15.4. The Hall–Kier alpha value is 0.620. The van der Waals surface area contributed by atoms with Crippen LogP contribution in [-0.4, -0.2) is 54.1 Å². The topological polar surface area (TPSA) is 29.3 Å². The second-order valence-corrected chi connectivity index (χ2v) is 6.55. The van der Waals surface area contributed by atoms with E-state index in [0.717, 1.165) is 6.54 Å². The first-order chi connectivity index (χ1) is 7.67. The van der Waals surface area contributed by atoms with E-state index in [1.807, 2.05) is 23.5 Å². The Balaban J connectivity index is 3.92. The van der Waals surface area contributed by atoms with Crippen LogP contribution in [0, 0.1) is 0 Å². The number of nitrogens with two attached hydrogens (primary N) is 1. The molecule has 0 aliphatic heterocycles. The number of likely N-dealkylation sites (N-methyl/N-ethyl adjacent to an activating group) is 1. The zero-order valence-electron chi connectivity index (χ0n) is 11.2. The third-order valence-electron chi connectivity index (χ3n) is 3.08. The molecule has 2 atom stereocenters. The van der Waals surface area contributed by atoms with Gasteiger partial charge in [0.05, 0.1) is 0 Å². The van der Waals surface area contributed by atoms with Crippen molar-refractivity contribution in [3.05, 3.63) is 0 Å². The van der Waals surface area contributed by atoms with Gasteiger partial charge in [0.15, 0.2) is 0 Å². The van der Waals surface area contributed by atoms with E-state index in [1.165, 1.54) is 30.1 Å². The first-order valence-electron chi connectivity index (χ1n) is 6.16. The van der Waals surface area contributed by atoms with Crippen molar-refractivity contribution in [1.82, 2.24) is 4.90 Å². The van der Waals surface area contributed by atoms with Gasteiger partial charge in [0.2, 0.25) is 0 Å². The molecule has 98 valence electrons. The van der Waals surface area contributed by atoms with Gasteiger partial charge in [-0.15, -0.1) is 0 Å². The molecule has 0 saturated carbocycles. The van der Waals surface area contributed by atoms with Crippen LogP contribution < -0.4 is 5.73 Å². The van der Waals surface area contributed by atoms with E-state index < -0.39 is 0 Å². The van der Waals surface area contributed by atoms with Crippen LogP contribution in [0.15, 0.2) is 0 Å². The summed E-state index contributed by atoms with van der Waals surface area (Å²) in [5.41, 5.74) is 5.87. The molecule has 0 radical (unpaired) electrons. The van der Waals surface area contributed by atoms with Gasteiger partial charge in [-0.3, -0.25) is 4.90 Å². The smallest absolute Gasteiger partial charge is 0.0226 e. The molecule has 0 heterocycles. The van der Waals surface area contributed by atoms with Gasteiger partial charge in [-0.05, 0) is 50.3 Å². The minimum atomic E-state index is 0.552. The lowest BCUT2D eigenvalue weighted by Gasteiger charge is -2.32. The molecule has 0 saturated heterocycles. The van der Waals surface area contributed by atoms with Crippen LogP contribution >= 0.6 is 23.5 Å². The molecule has 0 fully saturated rings. The molecule has 2 N–H and O–H groups in total. The Morgan fingerprint density at radius 2 is 1.94 bits per heavy atom. The van der Waals surface area contributed by atoms with Crippen LogP contribution in [0.3, 0.4) is 0 Å². The molecule has 0 aromatic heterocycles. The van der Waals surface area contributed by atoms with Crippen LogP contribution in [-0.2, 0) is 0 Å².